The van der Waals surface area contributed by atoms with Crippen molar-refractivity contribution in [1.29, 1.82) is 0 Å². The zero-order valence-electron chi connectivity index (χ0n) is 21.5. The van der Waals surface area contributed by atoms with E-state index in [1.165, 1.54) is 24.2 Å². The van der Waals surface area contributed by atoms with Gasteiger partial charge < -0.3 is 10.2 Å². The summed E-state index contributed by atoms with van der Waals surface area (Å²) in [5, 5.41) is 3.26. The van der Waals surface area contributed by atoms with E-state index in [0.717, 1.165) is 41.3 Å². The molecule has 1 fully saturated rings. The number of amides is 2. The highest BCUT2D eigenvalue weighted by atomic mass is 79.9. The van der Waals surface area contributed by atoms with Crippen LogP contribution in [0, 0.1) is 5.82 Å². The molecule has 200 valence electrons. The quantitative estimate of drug-likeness (QED) is 0.261. The molecule has 0 heterocycles. The van der Waals surface area contributed by atoms with Crippen LogP contribution in [0.3, 0.4) is 0 Å². The molecule has 1 N–H and O–H groups in total. The van der Waals surface area contributed by atoms with E-state index >= 15 is 0 Å². The monoisotopic (exact) mass is 596 g/mol. The van der Waals surface area contributed by atoms with Crippen molar-refractivity contribution in [3.05, 3.63) is 106 Å². The summed E-state index contributed by atoms with van der Waals surface area (Å²) in [7, 11) is 0. The van der Waals surface area contributed by atoms with E-state index < -0.39 is 6.04 Å². The van der Waals surface area contributed by atoms with Gasteiger partial charge in [-0.1, -0.05) is 95.9 Å². The second kappa shape index (κ2) is 14.5. The molecule has 4 rings (SSSR count). The Balaban J connectivity index is 1.56. The highest BCUT2D eigenvalue weighted by Gasteiger charge is 2.31. The summed E-state index contributed by atoms with van der Waals surface area (Å²) in [6, 6.07) is 23.8. The first-order chi connectivity index (χ1) is 18.5. The maximum atomic E-state index is 14.1. The molecule has 1 saturated carbocycles. The molecule has 3 aromatic carbocycles. The SMILES string of the molecule is O=C(NC1CCCCC1)[C@H](Cc1ccccc1)N(Cc1ccc(Br)cc1)C(=O)CSCc1ccccc1F. The maximum absolute atomic E-state index is 14.1. The van der Waals surface area contributed by atoms with E-state index in [4.69, 9.17) is 0 Å². The molecule has 0 radical (unpaired) electrons. The Hall–Kier alpha value is -2.64. The summed E-state index contributed by atoms with van der Waals surface area (Å²) < 4.78 is 15.1. The topological polar surface area (TPSA) is 49.4 Å². The van der Waals surface area contributed by atoms with E-state index in [2.05, 4.69) is 21.2 Å². The number of benzene rings is 3. The highest BCUT2D eigenvalue weighted by Crippen LogP contribution is 2.22. The third-order valence-corrected chi connectivity index (χ3v) is 8.42. The first-order valence-corrected chi connectivity index (χ1v) is 15.1. The molecule has 1 aliphatic carbocycles. The van der Waals surface area contributed by atoms with Crippen LogP contribution < -0.4 is 5.32 Å². The van der Waals surface area contributed by atoms with Gasteiger partial charge in [0.1, 0.15) is 11.9 Å². The Morgan fingerprint density at radius 2 is 1.61 bits per heavy atom. The van der Waals surface area contributed by atoms with Crippen molar-refractivity contribution in [2.45, 2.75) is 62.9 Å². The number of hydrogen-bond acceptors (Lipinski definition) is 3. The molecule has 3 aromatic rings. The molecule has 7 heteroatoms. The van der Waals surface area contributed by atoms with Gasteiger partial charge in [0.05, 0.1) is 5.75 Å². The Morgan fingerprint density at radius 1 is 0.921 bits per heavy atom. The predicted octanol–water partition coefficient (Wildman–Crippen LogP) is 6.91. The summed E-state index contributed by atoms with van der Waals surface area (Å²) in [5.74, 6) is 0.0435. The summed E-state index contributed by atoms with van der Waals surface area (Å²) >= 11 is 4.85. The van der Waals surface area contributed by atoms with Crippen LogP contribution in [0.2, 0.25) is 0 Å². The average molecular weight is 598 g/mol. The number of carbonyl (C=O) groups is 2. The van der Waals surface area contributed by atoms with Gasteiger partial charge in [-0.3, -0.25) is 9.59 Å². The van der Waals surface area contributed by atoms with Crippen LogP contribution in [0.25, 0.3) is 0 Å². The fourth-order valence-electron chi connectivity index (χ4n) is 4.83. The Labute approximate surface area is 237 Å². The molecule has 0 aromatic heterocycles. The average Bonchev–Trinajstić information content (AvgIpc) is 2.94. The first kappa shape index (κ1) is 28.4. The minimum absolute atomic E-state index is 0.106. The van der Waals surface area contributed by atoms with Gasteiger partial charge in [0.25, 0.3) is 0 Å². The van der Waals surface area contributed by atoms with Gasteiger partial charge in [-0.15, -0.1) is 11.8 Å². The molecule has 0 unspecified atom stereocenters. The van der Waals surface area contributed by atoms with Crippen LogP contribution in [0.1, 0.15) is 48.8 Å². The number of thioether (sulfide) groups is 1. The lowest BCUT2D eigenvalue weighted by molar-refractivity contribution is -0.139. The van der Waals surface area contributed by atoms with E-state index in [9.17, 15) is 14.0 Å². The standard InChI is InChI=1S/C31H34BrFN2O2S/c32-26-17-15-24(16-18-26)20-35(30(36)22-38-21-25-11-7-8-14-28(25)33)29(19-23-9-3-1-4-10-23)31(37)34-27-12-5-2-6-13-27/h1,3-4,7-11,14-18,27,29H,2,5-6,12-13,19-22H2,(H,34,37)/t29-/m0/s1. The van der Waals surface area contributed by atoms with Gasteiger partial charge >= 0.3 is 0 Å². The number of carbonyl (C=O) groups excluding carboxylic acids is 2. The van der Waals surface area contributed by atoms with Gasteiger partial charge in [0.15, 0.2) is 0 Å². The van der Waals surface area contributed by atoms with Crippen LogP contribution in [0.15, 0.2) is 83.3 Å². The third-order valence-electron chi connectivity index (χ3n) is 6.93. The van der Waals surface area contributed by atoms with Gasteiger partial charge in [0.2, 0.25) is 11.8 Å². The largest absolute Gasteiger partial charge is 0.352 e. The van der Waals surface area contributed by atoms with Crippen LogP contribution in [0.4, 0.5) is 4.39 Å². The molecule has 0 bridgehead atoms. The number of halogens is 2. The van der Waals surface area contributed by atoms with E-state index in [-0.39, 0.29) is 29.4 Å². The van der Waals surface area contributed by atoms with Crippen molar-refractivity contribution < 1.29 is 14.0 Å². The van der Waals surface area contributed by atoms with Gasteiger partial charge in [-0.05, 0) is 47.7 Å². The zero-order valence-corrected chi connectivity index (χ0v) is 23.9. The lowest BCUT2D eigenvalue weighted by Gasteiger charge is -2.33. The molecular formula is C31H34BrFN2O2S. The Kier molecular flexibility index (Phi) is 10.8. The second-order valence-corrected chi connectivity index (χ2v) is 11.7. The summed E-state index contributed by atoms with van der Waals surface area (Å²) in [5.41, 5.74) is 2.52. The van der Waals surface area contributed by atoms with Gasteiger partial charge in [-0.25, -0.2) is 4.39 Å². The minimum Gasteiger partial charge on any atom is -0.352 e. The van der Waals surface area contributed by atoms with Crippen molar-refractivity contribution in [3.63, 3.8) is 0 Å². The van der Waals surface area contributed by atoms with Gasteiger partial charge in [0, 0.05) is 29.2 Å². The lowest BCUT2D eigenvalue weighted by atomic mass is 9.94. The van der Waals surface area contributed by atoms with Crippen molar-refractivity contribution in [2.75, 3.05) is 5.75 Å². The van der Waals surface area contributed by atoms with Gasteiger partial charge in [-0.2, -0.15) is 0 Å². The molecule has 2 amide bonds. The number of rotatable bonds is 11. The molecule has 38 heavy (non-hydrogen) atoms. The molecule has 0 spiro atoms. The van der Waals surface area contributed by atoms with Crippen molar-refractivity contribution in [3.8, 4) is 0 Å². The maximum Gasteiger partial charge on any atom is 0.243 e. The lowest BCUT2D eigenvalue weighted by Crippen LogP contribution is -2.53. The van der Waals surface area contributed by atoms with Crippen molar-refractivity contribution in [1.82, 2.24) is 10.2 Å². The molecule has 4 nitrogen and oxygen atoms in total. The minimum atomic E-state index is -0.649. The van der Waals surface area contributed by atoms with E-state index in [0.29, 0.717) is 24.3 Å². The molecule has 1 atom stereocenters. The van der Waals surface area contributed by atoms with E-state index in [1.54, 1.807) is 23.1 Å². The van der Waals surface area contributed by atoms with Crippen LogP contribution in [0.5, 0.6) is 0 Å². The normalized spacial score (nSPS) is 14.6. The first-order valence-electron chi connectivity index (χ1n) is 13.2. The Bertz CT molecular complexity index is 1190. The van der Waals surface area contributed by atoms with Crippen LogP contribution in [-0.2, 0) is 28.3 Å². The van der Waals surface area contributed by atoms with E-state index in [1.807, 2.05) is 54.6 Å². The number of nitrogens with one attached hydrogen (secondary N) is 1. The summed E-state index contributed by atoms with van der Waals surface area (Å²) in [4.78, 5) is 29.2. The zero-order chi connectivity index (χ0) is 26.7. The summed E-state index contributed by atoms with van der Waals surface area (Å²) in [6.07, 6.45) is 5.81. The van der Waals surface area contributed by atoms with Crippen molar-refractivity contribution >= 4 is 39.5 Å². The fourth-order valence-corrected chi connectivity index (χ4v) is 5.99. The second-order valence-electron chi connectivity index (χ2n) is 9.78. The van der Waals surface area contributed by atoms with Crippen LogP contribution >= 0.6 is 27.7 Å². The van der Waals surface area contributed by atoms with Crippen LogP contribution in [-0.4, -0.2) is 34.6 Å². The molecular weight excluding hydrogens is 563 g/mol. The molecule has 0 aliphatic heterocycles. The van der Waals surface area contributed by atoms with Crippen molar-refractivity contribution in [2.24, 2.45) is 0 Å². The summed E-state index contributed by atoms with van der Waals surface area (Å²) in [6.45, 7) is 0.321. The molecule has 0 saturated heterocycles. The highest BCUT2D eigenvalue weighted by molar-refractivity contribution is 9.10. The number of nitrogens with zero attached hydrogens (tertiary/aromatic N) is 1. The third kappa shape index (κ3) is 8.43. The number of hydrogen-bond donors (Lipinski definition) is 1. The predicted molar refractivity (Wildman–Crippen MR) is 156 cm³/mol. The smallest absolute Gasteiger partial charge is 0.243 e. The molecule has 1 aliphatic rings. The fraction of sp³-hybridized carbons (Fsp3) is 0.355. The Morgan fingerprint density at radius 3 is 2.32 bits per heavy atom.